The van der Waals surface area contributed by atoms with Gasteiger partial charge in [-0.1, -0.05) is 25.5 Å². The SMILES string of the molecule is CC1=CC(CN2CCN(CCO)CC2)C(C(C)C)CC1Cc1nnc(-c2ccc([NH+]([O-])O)cc2)o1. The molecule has 3 N–H and O–H groups in total. The second-order valence-electron chi connectivity index (χ2n) is 10.4. The van der Waals surface area contributed by atoms with Crippen molar-refractivity contribution in [1.82, 2.24) is 20.0 Å². The summed E-state index contributed by atoms with van der Waals surface area (Å²) in [7, 11) is 0. The van der Waals surface area contributed by atoms with Gasteiger partial charge >= 0.3 is 0 Å². The summed E-state index contributed by atoms with van der Waals surface area (Å²) in [5.74, 6) is 3.16. The van der Waals surface area contributed by atoms with E-state index in [0.717, 1.165) is 57.7 Å². The lowest BCUT2D eigenvalue weighted by Crippen LogP contribution is -2.99. The molecule has 0 radical (unpaired) electrons. The fourth-order valence-electron chi connectivity index (χ4n) is 5.54. The Morgan fingerprint density at radius 3 is 2.43 bits per heavy atom. The predicted molar refractivity (Wildman–Crippen MR) is 133 cm³/mol. The number of aliphatic hydroxyl groups is 1. The van der Waals surface area contributed by atoms with Gasteiger partial charge in [-0.25, -0.2) is 5.21 Å². The molecule has 192 valence electrons. The van der Waals surface area contributed by atoms with Gasteiger partial charge in [0.25, 0.3) is 0 Å². The van der Waals surface area contributed by atoms with Gasteiger partial charge < -0.3 is 19.6 Å². The zero-order chi connectivity index (χ0) is 24.9. The highest BCUT2D eigenvalue weighted by Crippen LogP contribution is 2.39. The average Bonchev–Trinajstić information content (AvgIpc) is 3.30. The lowest BCUT2D eigenvalue weighted by Gasteiger charge is -2.41. The van der Waals surface area contributed by atoms with Crippen LogP contribution in [0.5, 0.6) is 0 Å². The highest BCUT2D eigenvalue weighted by atomic mass is 16.8. The number of nitrogens with zero attached hydrogens (tertiary/aromatic N) is 4. The van der Waals surface area contributed by atoms with E-state index in [2.05, 4.69) is 46.8 Å². The van der Waals surface area contributed by atoms with Gasteiger partial charge in [-0.3, -0.25) is 4.90 Å². The number of rotatable bonds is 9. The van der Waals surface area contributed by atoms with Crippen molar-refractivity contribution >= 4 is 5.69 Å². The average molecular weight is 486 g/mol. The van der Waals surface area contributed by atoms with Gasteiger partial charge in [-0.05, 0) is 49.1 Å². The number of quaternary nitrogens is 1. The molecular formula is C26H39N5O4. The zero-order valence-corrected chi connectivity index (χ0v) is 21.1. The first kappa shape index (κ1) is 25.9. The Bertz CT molecular complexity index is 966. The monoisotopic (exact) mass is 485 g/mol. The summed E-state index contributed by atoms with van der Waals surface area (Å²) < 4.78 is 5.97. The second kappa shape index (κ2) is 11.7. The van der Waals surface area contributed by atoms with Gasteiger partial charge in [0.15, 0.2) is 5.69 Å². The molecule has 2 aliphatic rings. The summed E-state index contributed by atoms with van der Waals surface area (Å²) >= 11 is 0. The number of nitrogens with one attached hydrogen (secondary N) is 1. The van der Waals surface area contributed by atoms with E-state index in [1.807, 2.05) is 0 Å². The van der Waals surface area contributed by atoms with Crippen molar-refractivity contribution in [3.05, 3.63) is 47.0 Å². The molecule has 2 heterocycles. The minimum Gasteiger partial charge on any atom is -0.595 e. The van der Waals surface area contributed by atoms with E-state index in [1.54, 1.807) is 24.3 Å². The number of aliphatic hydroxyl groups excluding tert-OH is 1. The van der Waals surface area contributed by atoms with E-state index in [9.17, 15) is 10.3 Å². The van der Waals surface area contributed by atoms with E-state index in [4.69, 9.17) is 9.62 Å². The van der Waals surface area contributed by atoms with E-state index in [1.165, 1.54) is 5.57 Å². The molecule has 2 aromatic rings. The Kier molecular flexibility index (Phi) is 8.69. The number of allylic oxidation sites excluding steroid dienone is 1. The molecule has 9 heteroatoms. The van der Waals surface area contributed by atoms with Crippen LogP contribution in [0.15, 0.2) is 40.3 Å². The van der Waals surface area contributed by atoms with Crippen molar-refractivity contribution in [3.63, 3.8) is 0 Å². The molecule has 1 saturated heterocycles. The summed E-state index contributed by atoms with van der Waals surface area (Å²) in [4.78, 5) is 4.92. The van der Waals surface area contributed by atoms with Crippen molar-refractivity contribution < 1.29 is 20.0 Å². The van der Waals surface area contributed by atoms with E-state index in [-0.39, 0.29) is 12.3 Å². The van der Waals surface area contributed by atoms with Crippen molar-refractivity contribution in [2.75, 3.05) is 45.9 Å². The molecule has 0 saturated carbocycles. The molecule has 0 bridgehead atoms. The number of β-amino-alcohol motifs (C(OH)–C–C–N with tert-alkyl or cyclic N) is 1. The molecule has 1 aromatic heterocycles. The number of benzene rings is 1. The van der Waals surface area contributed by atoms with Crippen molar-refractivity contribution in [2.24, 2.45) is 23.7 Å². The van der Waals surface area contributed by atoms with Crippen LogP contribution in [-0.4, -0.2) is 76.2 Å². The fraction of sp³-hybridized carbons (Fsp3) is 0.615. The lowest BCUT2D eigenvalue weighted by molar-refractivity contribution is -0.991. The summed E-state index contributed by atoms with van der Waals surface area (Å²) in [5, 5.41) is 36.9. The summed E-state index contributed by atoms with van der Waals surface area (Å²) in [5.41, 5.74) is 2.36. The van der Waals surface area contributed by atoms with Crippen LogP contribution in [0.2, 0.25) is 0 Å². The Morgan fingerprint density at radius 2 is 1.80 bits per heavy atom. The van der Waals surface area contributed by atoms with E-state index < -0.39 is 5.23 Å². The number of aromatic nitrogens is 2. The highest BCUT2D eigenvalue weighted by molar-refractivity contribution is 5.55. The highest BCUT2D eigenvalue weighted by Gasteiger charge is 2.34. The molecule has 1 aromatic carbocycles. The van der Waals surface area contributed by atoms with Gasteiger partial charge in [0.2, 0.25) is 11.8 Å². The van der Waals surface area contributed by atoms with Gasteiger partial charge in [0.1, 0.15) is 0 Å². The Hall–Kier alpha value is -2.14. The fourth-order valence-corrected chi connectivity index (χ4v) is 5.54. The van der Waals surface area contributed by atoms with Gasteiger partial charge in [0.05, 0.1) is 6.61 Å². The largest absolute Gasteiger partial charge is 0.595 e. The normalized spacial score (nSPS) is 25.1. The Morgan fingerprint density at radius 1 is 1.11 bits per heavy atom. The molecule has 0 spiro atoms. The molecule has 4 unspecified atom stereocenters. The minimum atomic E-state index is -0.954. The summed E-state index contributed by atoms with van der Waals surface area (Å²) in [6.07, 6.45) is 4.32. The minimum absolute atomic E-state index is 0.234. The van der Waals surface area contributed by atoms with E-state index in [0.29, 0.717) is 35.5 Å². The third-order valence-corrected chi connectivity index (χ3v) is 7.70. The van der Waals surface area contributed by atoms with Crippen molar-refractivity contribution in [1.29, 1.82) is 0 Å². The van der Waals surface area contributed by atoms with Crippen LogP contribution >= 0.6 is 0 Å². The Balaban J connectivity index is 1.39. The summed E-state index contributed by atoms with van der Waals surface area (Å²) in [6.45, 7) is 13.2. The smallest absolute Gasteiger partial charge is 0.247 e. The molecule has 35 heavy (non-hydrogen) atoms. The maximum absolute atomic E-state index is 11.1. The Labute approximate surface area is 207 Å². The quantitative estimate of drug-likeness (QED) is 0.366. The van der Waals surface area contributed by atoms with E-state index >= 15 is 0 Å². The third kappa shape index (κ3) is 6.55. The van der Waals surface area contributed by atoms with Crippen LogP contribution in [0.25, 0.3) is 11.5 Å². The van der Waals surface area contributed by atoms with Gasteiger partial charge in [0, 0.05) is 63.4 Å². The number of piperazine rings is 1. The number of hydrogen-bond acceptors (Lipinski definition) is 8. The molecule has 1 aliphatic carbocycles. The standard InChI is InChI=1S/C26H39N5O4/c1-18(2)24-15-21(19(3)14-22(24)17-30-10-8-29(9-11-30)12-13-32)16-25-27-28-26(35-25)20-4-6-23(7-5-20)31(33)34/h4-7,14,18,21-22,24,31-33H,8-13,15-17H2,1-3H3. The summed E-state index contributed by atoms with van der Waals surface area (Å²) in [6, 6.07) is 6.51. The molecule has 1 aliphatic heterocycles. The van der Waals surface area contributed by atoms with Crippen LogP contribution in [-0.2, 0) is 6.42 Å². The van der Waals surface area contributed by atoms with Crippen molar-refractivity contribution in [3.8, 4) is 11.5 Å². The topological polar surface area (TPSA) is 113 Å². The van der Waals surface area contributed by atoms with Crippen LogP contribution in [0.4, 0.5) is 5.69 Å². The third-order valence-electron chi connectivity index (χ3n) is 7.70. The predicted octanol–water partition coefficient (Wildman–Crippen LogP) is 2.15. The van der Waals surface area contributed by atoms with Crippen LogP contribution in [0, 0.1) is 28.9 Å². The molecular weight excluding hydrogens is 446 g/mol. The van der Waals surface area contributed by atoms with Gasteiger partial charge in [-0.15, -0.1) is 10.2 Å². The molecule has 4 atom stereocenters. The first-order valence-electron chi connectivity index (χ1n) is 12.7. The first-order valence-corrected chi connectivity index (χ1v) is 12.7. The second-order valence-corrected chi connectivity index (χ2v) is 10.4. The first-order chi connectivity index (χ1) is 16.8. The maximum atomic E-state index is 11.1. The molecule has 9 nitrogen and oxygen atoms in total. The lowest BCUT2D eigenvalue weighted by atomic mass is 9.69. The molecule has 1 fully saturated rings. The van der Waals surface area contributed by atoms with Crippen LogP contribution in [0.3, 0.4) is 0 Å². The van der Waals surface area contributed by atoms with Gasteiger partial charge in [-0.2, -0.15) is 5.23 Å². The molecule has 4 rings (SSSR count). The van der Waals surface area contributed by atoms with Crippen LogP contribution < -0.4 is 5.23 Å². The molecule has 0 amide bonds. The zero-order valence-electron chi connectivity index (χ0n) is 21.1. The number of hydrogen-bond donors (Lipinski definition) is 3. The maximum Gasteiger partial charge on any atom is 0.247 e. The van der Waals surface area contributed by atoms with Crippen LogP contribution in [0.1, 0.15) is 33.1 Å². The van der Waals surface area contributed by atoms with Crippen molar-refractivity contribution in [2.45, 2.75) is 33.6 Å².